The second kappa shape index (κ2) is 8.00. The zero-order chi connectivity index (χ0) is 25.6. The van der Waals surface area contributed by atoms with Crippen LogP contribution in [0.1, 0.15) is 59.8 Å². The number of rotatable bonds is 4. The number of hydrogen-bond acceptors (Lipinski definition) is 7. The molecule has 0 aromatic heterocycles. The molecule has 7 heteroatoms. The fourth-order valence-electron chi connectivity index (χ4n) is 9.24. The molecule has 4 aliphatic carbocycles. The van der Waals surface area contributed by atoms with Crippen LogP contribution in [0.15, 0.2) is 23.8 Å². The van der Waals surface area contributed by atoms with Crippen molar-refractivity contribution in [3.05, 3.63) is 23.8 Å². The molecule has 2 saturated carbocycles. The van der Waals surface area contributed by atoms with Crippen molar-refractivity contribution in [2.75, 3.05) is 7.11 Å². The van der Waals surface area contributed by atoms with Gasteiger partial charge in [0.15, 0.2) is 11.6 Å². The number of methoxy groups -OCH3 is 1. The summed E-state index contributed by atoms with van der Waals surface area (Å²) >= 11 is 0. The van der Waals surface area contributed by atoms with Crippen molar-refractivity contribution < 1.29 is 33.3 Å². The first-order valence-electron chi connectivity index (χ1n) is 13.6. The second-order valence-corrected chi connectivity index (χ2v) is 12.6. The summed E-state index contributed by atoms with van der Waals surface area (Å²) in [6.07, 6.45) is 8.86. The average Bonchev–Trinajstić information content (AvgIpc) is 3.37. The predicted octanol–water partition coefficient (Wildman–Crippen LogP) is 4.00. The Hall–Kier alpha value is -1.99. The van der Waals surface area contributed by atoms with E-state index in [9.17, 15) is 14.4 Å². The molecule has 0 N–H and O–H groups in total. The van der Waals surface area contributed by atoms with Crippen molar-refractivity contribution in [2.24, 2.45) is 46.8 Å². The van der Waals surface area contributed by atoms with Gasteiger partial charge in [0.05, 0.1) is 11.3 Å². The lowest BCUT2D eigenvalue weighted by molar-refractivity contribution is -0.304. The largest absolute Gasteiger partial charge is 0.464 e. The van der Waals surface area contributed by atoms with Gasteiger partial charge >= 0.3 is 5.97 Å². The van der Waals surface area contributed by atoms with Crippen LogP contribution in [0.5, 0.6) is 0 Å². The summed E-state index contributed by atoms with van der Waals surface area (Å²) in [4.78, 5) is 37.8. The van der Waals surface area contributed by atoms with Gasteiger partial charge < -0.3 is 18.9 Å². The monoisotopic (exact) mass is 498 g/mol. The summed E-state index contributed by atoms with van der Waals surface area (Å²) in [7, 11) is 1.69. The molecule has 2 heterocycles. The van der Waals surface area contributed by atoms with Crippen LogP contribution in [-0.4, -0.2) is 48.9 Å². The molecule has 36 heavy (non-hydrogen) atoms. The van der Waals surface area contributed by atoms with Crippen LogP contribution in [0.4, 0.5) is 0 Å². The van der Waals surface area contributed by atoms with Gasteiger partial charge in [-0.25, -0.2) is 0 Å². The maximum atomic E-state index is 13.4. The first-order chi connectivity index (χ1) is 17.1. The van der Waals surface area contributed by atoms with E-state index < -0.39 is 22.9 Å². The lowest BCUT2D eigenvalue weighted by Gasteiger charge is -2.56. The smallest absolute Gasteiger partial charge is 0.309 e. The van der Waals surface area contributed by atoms with E-state index in [-0.39, 0.29) is 59.3 Å². The van der Waals surface area contributed by atoms with Crippen LogP contribution in [0, 0.1) is 46.8 Å². The number of carbonyl (C=O) groups excluding carboxylic acids is 3. The van der Waals surface area contributed by atoms with Gasteiger partial charge in [0.1, 0.15) is 17.8 Å². The van der Waals surface area contributed by atoms with Crippen LogP contribution in [-0.2, 0) is 33.3 Å². The molecule has 0 aromatic carbocycles. The third kappa shape index (κ3) is 2.96. The number of ketones is 1. The van der Waals surface area contributed by atoms with Gasteiger partial charge in [-0.05, 0) is 69.3 Å². The molecular weight excluding hydrogens is 460 g/mol. The summed E-state index contributed by atoms with van der Waals surface area (Å²) in [6, 6.07) is 0. The van der Waals surface area contributed by atoms with Crippen molar-refractivity contribution in [1.29, 1.82) is 0 Å². The maximum Gasteiger partial charge on any atom is 0.309 e. The minimum atomic E-state index is -0.933. The van der Waals surface area contributed by atoms with Crippen molar-refractivity contribution in [1.82, 2.24) is 0 Å². The molecule has 0 radical (unpaired) electrons. The Bertz CT molecular complexity index is 1050. The van der Waals surface area contributed by atoms with Gasteiger partial charge in [0.2, 0.25) is 0 Å². The Kier molecular flexibility index (Phi) is 5.41. The molecule has 0 spiro atoms. The third-order valence-electron chi connectivity index (χ3n) is 11.3. The molecule has 0 aromatic rings. The van der Waals surface area contributed by atoms with Crippen molar-refractivity contribution in [2.45, 2.75) is 83.4 Å². The Balaban J connectivity index is 1.45. The SMILES string of the molecule is CO[C@@]12C[C@H]3[C@@H](CC=C4CC=CC(=O)[C@@]43C)[C@@H]3C[C@H](OC=O)[C@@H]([C@@H]31)[C@](C)(C1C[C@H](C)[C@@H](C)C(=O)O1)O2. The average molecular weight is 499 g/mol. The van der Waals surface area contributed by atoms with Crippen LogP contribution in [0.25, 0.3) is 0 Å². The minimum absolute atomic E-state index is 0.0140. The summed E-state index contributed by atoms with van der Waals surface area (Å²) in [5, 5.41) is 0. The van der Waals surface area contributed by atoms with E-state index in [1.807, 2.05) is 19.9 Å². The third-order valence-corrected chi connectivity index (χ3v) is 11.3. The number of carbonyl (C=O) groups is 3. The highest BCUT2D eigenvalue weighted by atomic mass is 16.7. The summed E-state index contributed by atoms with van der Waals surface area (Å²) in [5.74, 6) is -0.678. The Morgan fingerprint density at radius 1 is 1.11 bits per heavy atom. The van der Waals surface area contributed by atoms with Crippen molar-refractivity contribution >= 4 is 18.2 Å². The van der Waals surface area contributed by atoms with E-state index in [4.69, 9.17) is 18.9 Å². The Morgan fingerprint density at radius 3 is 2.58 bits per heavy atom. The molecule has 4 fully saturated rings. The molecule has 0 bridgehead atoms. The predicted molar refractivity (Wildman–Crippen MR) is 129 cm³/mol. The quantitative estimate of drug-likeness (QED) is 0.329. The van der Waals surface area contributed by atoms with Crippen LogP contribution >= 0.6 is 0 Å². The first-order valence-corrected chi connectivity index (χ1v) is 13.6. The summed E-state index contributed by atoms with van der Waals surface area (Å²) in [6.45, 7) is 8.64. The van der Waals surface area contributed by atoms with Gasteiger partial charge in [0, 0.05) is 25.4 Å². The first kappa shape index (κ1) is 24.4. The van der Waals surface area contributed by atoms with Crippen molar-refractivity contribution in [3.8, 4) is 0 Å². The number of esters is 1. The van der Waals surface area contributed by atoms with E-state index in [1.165, 1.54) is 5.57 Å². The normalized spacial score (nSPS) is 53.1. The van der Waals surface area contributed by atoms with Crippen LogP contribution in [0.3, 0.4) is 0 Å². The molecular formula is C29H38O7. The molecule has 1 unspecified atom stereocenters. The molecule has 6 rings (SSSR count). The van der Waals surface area contributed by atoms with Crippen LogP contribution in [0.2, 0.25) is 0 Å². The molecule has 7 nitrogen and oxygen atoms in total. The van der Waals surface area contributed by atoms with E-state index in [0.29, 0.717) is 25.7 Å². The Labute approximate surface area is 212 Å². The van der Waals surface area contributed by atoms with Gasteiger partial charge in [0.25, 0.3) is 6.47 Å². The van der Waals surface area contributed by atoms with Gasteiger partial charge in [-0.3, -0.25) is 14.4 Å². The molecule has 2 aliphatic heterocycles. The zero-order valence-electron chi connectivity index (χ0n) is 21.9. The minimum Gasteiger partial charge on any atom is -0.464 e. The molecule has 6 aliphatic rings. The lowest BCUT2D eigenvalue weighted by Crippen LogP contribution is -2.58. The fourth-order valence-corrected chi connectivity index (χ4v) is 9.24. The highest BCUT2D eigenvalue weighted by molar-refractivity contribution is 5.98. The van der Waals surface area contributed by atoms with Gasteiger partial charge in [-0.2, -0.15) is 0 Å². The zero-order valence-corrected chi connectivity index (χ0v) is 21.9. The lowest BCUT2D eigenvalue weighted by atomic mass is 9.49. The van der Waals surface area contributed by atoms with Crippen LogP contribution < -0.4 is 0 Å². The number of allylic oxidation sites excluding steroid dienone is 4. The van der Waals surface area contributed by atoms with E-state index >= 15 is 0 Å². The highest BCUT2D eigenvalue weighted by Gasteiger charge is 2.76. The maximum absolute atomic E-state index is 13.4. The number of ether oxygens (including phenoxy) is 4. The summed E-state index contributed by atoms with van der Waals surface area (Å²) in [5.41, 5.74) is -0.258. The molecule has 2 saturated heterocycles. The topological polar surface area (TPSA) is 88.1 Å². The van der Waals surface area contributed by atoms with E-state index in [0.717, 1.165) is 12.8 Å². The van der Waals surface area contributed by atoms with E-state index in [1.54, 1.807) is 13.2 Å². The van der Waals surface area contributed by atoms with Gasteiger partial charge in [-0.1, -0.05) is 31.6 Å². The standard InChI is InChI=1S/C29H38O7/c1-15-11-23(35-26(32)16(15)2)28(4)25-21(34-14-30)12-19-18-10-9-17-7-6-8-22(31)27(17,3)20(18)13-29(33-5,36-28)24(19)25/h6,8-9,14-16,18-21,23-25H,7,10-13H2,1-5H3/t15-,16+,18-,19-,20-,21-,23?,24+,25-,27-,28-,29+/m0/s1. The number of hydrogen-bond donors (Lipinski definition) is 0. The van der Waals surface area contributed by atoms with E-state index in [2.05, 4.69) is 19.9 Å². The van der Waals surface area contributed by atoms with Gasteiger partial charge in [-0.15, -0.1) is 0 Å². The number of cyclic esters (lactones) is 1. The fraction of sp³-hybridized carbons (Fsp3) is 0.759. The second-order valence-electron chi connectivity index (χ2n) is 12.6. The number of fused-ring (bicyclic) bond motifs is 4. The molecule has 196 valence electrons. The summed E-state index contributed by atoms with van der Waals surface area (Å²) < 4.78 is 25.2. The molecule has 0 amide bonds. The van der Waals surface area contributed by atoms with Crippen molar-refractivity contribution in [3.63, 3.8) is 0 Å². The molecule has 12 atom stereocenters. The Morgan fingerprint density at radius 2 is 1.89 bits per heavy atom. The highest BCUT2D eigenvalue weighted by Crippen LogP contribution is 2.70.